The molecular formula is C16H13FO2S. The molecule has 0 fully saturated rings. The van der Waals surface area contributed by atoms with Gasteiger partial charge in [-0.3, -0.25) is 4.79 Å². The highest BCUT2D eigenvalue weighted by Crippen LogP contribution is 2.36. The van der Waals surface area contributed by atoms with Gasteiger partial charge in [0.05, 0.1) is 0 Å². The number of halogens is 1. The van der Waals surface area contributed by atoms with Crippen molar-refractivity contribution in [3.05, 3.63) is 59.4 Å². The molecule has 0 radical (unpaired) electrons. The van der Waals surface area contributed by atoms with E-state index in [0.717, 1.165) is 6.42 Å². The van der Waals surface area contributed by atoms with E-state index in [4.69, 9.17) is 4.74 Å². The molecule has 0 spiro atoms. The van der Waals surface area contributed by atoms with Crippen LogP contribution in [0.2, 0.25) is 0 Å². The van der Waals surface area contributed by atoms with Crippen molar-refractivity contribution >= 4 is 18.0 Å². The molecule has 0 bridgehead atoms. The van der Waals surface area contributed by atoms with Crippen LogP contribution in [0.4, 0.5) is 4.39 Å². The quantitative estimate of drug-likeness (QED) is 0.802. The Hall–Kier alpha value is -1.81. The maximum absolute atomic E-state index is 13.3. The highest BCUT2D eigenvalue weighted by atomic mass is 32.2. The average Bonchev–Trinajstić information content (AvgIpc) is 2.87. The zero-order valence-corrected chi connectivity index (χ0v) is 11.5. The lowest BCUT2D eigenvalue weighted by atomic mass is 10.1. The zero-order chi connectivity index (χ0) is 13.9. The number of carbonyl (C=O) groups is 1. The zero-order valence-electron chi connectivity index (χ0n) is 10.7. The summed E-state index contributed by atoms with van der Waals surface area (Å²) in [6.45, 7) is 0.501. The summed E-state index contributed by atoms with van der Waals surface area (Å²) in [6, 6.07) is 12.3. The fraction of sp³-hybridized carbons (Fsp3) is 0.188. The molecule has 1 aliphatic rings. The Bertz CT molecular complexity index is 617. The predicted octanol–water partition coefficient (Wildman–Crippen LogP) is 3.73. The Morgan fingerprint density at radius 3 is 2.95 bits per heavy atom. The molecule has 4 heteroatoms. The molecule has 2 aromatic carbocycles. The third-order valence-corrected chi connectivity index (χ3v) is 4.47. The third kappa shape index (κ3) is 2.85. The SMILES string of the molecule is O=Cc1cc(F)cc(OCC2Cc3ccccc3S2)c1. The normalized spacial score (nSPS) is 16.8. The second-order valence-electron chi connectivity index (χ2n) is 4.70. The minimum Gasteiger partial charge on any atom is -0.492 e. The van der Waals surface area contributed by atoms with Crippen molar-refractivity contribution in [1.82, 2.24) is 0 Å². The highest BCUT2D eigenvalue weighted by Gasteiger charge is 2.22. The highest BCUT2D eigenvalue weighted by molar-refractivity contribution is 8.00. The van der Waals surface area contributed by atoms with Gasteiger partial charge in [0.15, 0.2) is 0 Å². The van der Waals surface area contributed by atoms with E-state index >= 15 is 0 Å². The lowest BCUT2D eigenvalue weighted by Crippen LogP contribution is -2.13. The van der Waals surface area contributed by atoms with Crippen LogP contribution in [0.3, 0.4) is 0 Å². The molecular weight excluding hydrogens is 275 g/mol. The minimum absolute atomic E-state index is 0.294. The molecule has 1 atom stereocenters. The Labute approximate surface area is 121 Å². The summed E-state index contributed by atoms with van der Waals surface area (Å²) < 4.78 is 18.9. The van der Waals surface area contributed by atoms with Gasteiger partial charge in [0.1, 0.15) is 24.5 Å². The summed E-state index contributed by atoms with van der Waals surface area (Å²) in [6.07, 6.45) is 1.58. The summed E-state index contributed by atoms with van der Waals surface area (Å²) in [4.78, 5) is 12.0. The molecule has 0 N–H and O–H groups in total. The molecule has 1 aliphatic heterocycles. The van der Waals surface area contributed by atoms with E-state index in [1.165, 1.54) is 22.6 Å². The number of aldehydes is 1. The second kappa shape index (κ2) is 5.67. The van der Waals surface area contributed by atoms with Crippen molar-refractivity contribution in [1.29, 1.82) is 0 Å². The number of benzene rings is 2. The Morgan fingerprint density at radius 1 is 1.30 bits per heavy atom. The summed E-state index contributed by atoms with van der Waals surface area (Å²) in [5, 5.41) is 0.329. The van der Waals surface area contributed by atoms with Crippen molar-refractivity contribution in [3.8, 4) is 5.75 Å². The number of carbonyl (C=O) groups excluding carboxylic acids is 1. The van der Waals surface area contributed by atoms with Gasteiger partial charge in [-0.15, -0.1) is 11.8 Å². The van der Waals surface area contributed by atoms with E-state index in [9.17, 15) is 9.18 Å². The second-order valence-corrected chi connectivity index (χ2v) is 6.04. The van der Waals surface area contributed by atoms with Gasteiger partial charge in [0, 0.05) is 21.8 Å². The molecule has 0 saturated heterocycles. The number of fused-ring (bicyclic) bond motifs is 1. The topological polar surface area (TPSA) is 26.3 Å². The molecule has 0 saturated carbocycles. The largest absolute Gasteiger partial charge is 0.492 e. The van der Waals surface area contributed by atoms with E-state index in [1.807, 2.05) is 12.1 Å². The first-order chi connectivity index (χ1) is 9.74. The van der Waals surface area contributed by atoms with E-state index in [2.05, 4.69) is 12.1 Å². The molecule has 0 amide bonds. The standard InChI is InChI=1S/C16H13FO2S/c17-13-5-11(9-18)6-14(8-13)19-10-15-7-12-3-1-2-4-16(12)20-15/h1-6,8-9,15H,7,10H2. The van der Waals surface area contributed by atoms with Crippen LogP contribution in [0.15, 0.2) is 47.4 Å². The van der Waals surface area contributed by atoms with E-state index in [0.29, 0.717) is 29.5 Å². The van der Waals surface area contributed by atoms with Crippen LogP contribution in [0, 0.1) is 5.82 Å². The lowest BCUT2D eigenvalue weighted by molar-refractivity contribution is 0.112. The number of hydrogen-bond acceptors (Lipinski definition) is 3. The Morgan fingerprint density at radius 2 is 2.15 bits per heavy atom. The molecule has 102 valence electrons. The van der Waals surface area contributed by atoms with Gasteiger partial charge in [-0.2, -0.15) is 0 Å². The summed E-state index contributed by atoms with van der Waals surface area (Å²) in [7, 11) is 0. The molecule has 0 aliphatic carbocycles. The van der Waals surface area contributed by atoms with Crippen molar-refractivity contribution in [2.45, 2.75) is 16.6 Å². The first-order valence-corrected chi connectivity index (χ1v) is 7.26. The maximum atomic E-state index is 13.3. The van der Waals surface area contributed by atoms with Crippen molar-refractivity contribution in [2.24, 2.45) is 0 Å². The number of rotatable bonds is 4. The van der Waals surface area contributed by atoms with Gasteiger partial charge in [-0.25, -0.2) is 4.39 Å². The lowest BCUT2D eigenvalue weighted by Gasteiger charge is -2.11. The van der Waals surface area contributed by atoms with Gasteiger partial charge >= 0.3 is 0 Å². The van der Waals surface area contributed by atoms with Crippen LogP contribution in [0.1, 0.15) is 15.9 Å². The molecule has 1 unspecified atom stereocenters. The fourth-order valence-corrected chi connectivity index (χ4v) is 3.49. The molecule has 2 aromatic rings. The van der Waals surface area contributed by atoms with E-state index < -0.39 is 5.82 Å². The first-order valence-electron chi connectivity index (χ1n) is 6.38. The fourth-order valence-electron chi connectivity index (χ4n) is 2.27. The van der Waals surface area contributed by atoms with Crippen LogP contribution in [-0.2, 0) is 6.42 Å². The average molecular weight is 288 g/mol. The van der Waals surface area contributed by atoms with Crippen molar-refractivity contribution in [2.75, 3.05) is 6.61 Å². The van der Waals surface area contributed by atoms with Crippen LogP contribution < -0.4 is 4.74 Å². The molecule has 0 aromatic heterocycles. The number of hydrogen-bond donors (Lipinski definition) is 0. The van der Waals surface area contributed by atoms with Crippen LogP contribution in [0.25, 0.3) is 0 Å². The monoisotopic (exact) mass is 288 g/mol. The van der Waals surface area contributed by atoms with Gasteiger partial charge in [-0.1, -0.05) is 18.2 Å². The van der Waals surface area contributed by atoms with Crippen molar-refractivity contribution < 1.29 is 13.9 Å². The maximum Gasteiger partial charge on any atom is 0.150 e. The summed E-state index contributed by atoms with van der Waals surface area (Å²) in [5.74, 6) is -0.0457. The number of thioether (sulfide) groups is 1. The first kappa shape index (κ1) is 13.2. The molecule has 20 heavy (non-hydrogen) atoms. The van der Waals surface area contributed by atoms with Crippen molar-refractivity contribution in [3.63, 3.8) is 0 Å². The predicted molar refractivity (Wildman–Crippen MR) is 77.1 cm³/mol. The smallest absolute Gasteiger partial charge is 0.150 e. The van der Waals surface area contributed by atoms with Crippen LogP contribution in [0.5, 0.6) is 5.75 Å². The van der Waals surface area contributed by atoms with Crippen LogP contribution in [-0.4, -0.2) is 18.1 Å². The molecule has 3 rings (SSSR count). The van der Waals surface area contributed by atoms with Gasteiger partial charge in [0.25, 0.3) is 0 Å². The Kier molecular flexibility index (Phi) is 3.74. The van der Waals surface area contributed by atoms with Gasteiger partial charge in [0.2, 0.25) is 0 Å². The van der Waals surface area contributed by atoms with E-state index in [1.54, 1.807) is 17.8 Å². The third-order valence-electron chi connectivity index (χ3n) is 3.18. The summed E-state index contributed by atoms with van der Waals surface area (Å²) in [5.41, 5.74) is 1.63. The number of ether oxygens (including phenoxy) is 1. The summed E-state index contributed by atoms with van der Waals surface area (Å²) >= 11 is 1.78. The molecule has 1 heterocycles. The van der Waals surface area contributed by atoms with Gasteiger partial charge < -0.3 is 4.74 Å². The van der Waals surface area contributed by atoms with Gasteiger partial charge in [-0.05, 0) is 30.2 Å². The van der Waals surface area contributed by atoms with Crippen LogP contribution >= 0.6 is 11.8 Å². The Balaban J connectivity index is 1.64. The minimum atomic E-state index is -0.452. The van der Waals surface area contributed by atoms with E-state index in [-0.39, 0.29) is 0 Å². The molecule has 2 nitrogen and oxygen atoms in total.